The van der Waals surface area contributed by atoms with Gasteiger partial charge in [-0.05, 0) is 24.3 Å². The molecule has 1 aromatic carbocycles. The van der Waals surface area contributed by atoms with E-state index >= 15 is 0 Å². The third kappa shape index (κ3) is 2.08. The van der Waals surface area contributed by atoms with Gasteiger partial charge in [-0.1, -0.05) is 0 Å². The molecule has 0 saturated carbocycles. The topological polar surface area (TPSA) is 109 Å². The molecule has 0 radical (unpaired) electrons. The minimum Gasteiger partial charge on any atom is -0.475 e. The van der Waals surface area contributed by atoms with Gasteiger partial charge in [0.1, 0.15) is 0 Å². The first kappa shape index (κ1) is 11.8. The Labute approximate surface area is 102 Å². The summed E-state index contributed by atoms with van der Waals surface area (Å²) in [5, 5.41) is 18.1. The molecule has 18 heavy (non-hydrogen) atoms. The van der Waals surface area contributed by atoms with E-state index in [1.165, 1.54) is 12.1 Å². The molecule has 0 aliphatic heterocycles. The van der Waals surface area contributed by atoms with E-state index in [0.29, 0.717) is 23.7 Å². The quantitative estimate of drug-likeness (QED) is 0.491. The minimum absolute atomic E-state index is 0.0110. The van der Waals surface area contributed by atoms with E-state index in [1.807, 2.05) is 6.92 Å². The molecule has 2 rings (SSSR count). The van der Waals surface area contributed by atoms with Crippen LogP contribution in [-0.2, 0) is 0 Å². The van der Waals surface area contributed by atoms with Crippen LogP contribution in [0.1, 0.15) is 6.92 Å². The zero-order valence-electron chi connectivity index (χ0n) is 9.61. The molecule has 0 spiro atoms. The molecule has 0 fully saturated rings. The van der Waals surface area contributed by atoms with Crippen LogP contribution in [-0.4, -0.2) is 26.6 Å². The molecule has 0 bridgehead atoms. The van der Waals surface area contributed by atoms with Crippen LogP contribution >= 0.6 is 0 Å². The van der Waals surface area contributed by atoms with Gasteiger partial charge in [0.2, 0.25) is 0 Å². The van der Waals surface area contributed by atoms with Crippen molar-refractivity contribution in [2.45, 2.75) is 6.92 Å². The molecule has 0 unspecified atom stereocenters. The van der Waals surface area contributed by atoms with E-state index in [9.17, 15) is 10.1 Å². The first-order chi connectivity index (χ1) is 8.63. The molecule has 2 N–H and O–H groups in total. The Balaban J connectivity index is 2.39. The van der Waals surface area contributed by atoms with Crippen molar-refractivity contribution < 1.29 is 9.66 Å². The predicted molar refractivity (Wildman–Crippen MR) is 63.4 cm³/mol. The van der Waals surface area contributed by atoms with Gasteiger partial charge in [0.15, 0.2) is 5.69 Å². The van der Waals surface area contributed by atoms with Crippen molar-refractivity contribution in [3.8, 4) is 17.1 Å². The number of rotatable bonds is 4. The highest BCUT2D eigenvalue weighted by molar-refractivity contribution is 5.65. The van der Waals surface area contributed by atoms with Gasteiger partial charge in [-0.15, -0.1) is 9.89 Å². The summed E-state index contributed by atoms with van der Waals surface area (Å²) in [7, 11) is 0. The normalized spacial score (nSPS) is 10.3. The smallest absolute Gasteiger partial charge is 0.269 e. The lowest BCUT2D eigenvalue weighted by molar-refractivity contribution is -0.384. The number of non-ortho nitro benzene ring substituents is 1. The van der Waals surface area contributed by atoms with Crippen molar-refractivity contribution in [2.24, 2.45) is 0 Å². The lowest BCUT2D eigenvalue weighted by Crippen LogP contribution is -2.13. The Morgan fingerprint density at radius 2 is 2.11 bits per heavy atom. The fraction of sp³-hybridized carbons (Fsp3) is 0.200. The van der Waals surface area contributed by atoms with Crippen molar-refractivity contribution in [3.63, 3.8) is 0 Å². The first-order valence-corrected chi connectivity index (χ1v) is 5.22. The lowest BCUT2D eigenvalue weighted by Gasteiger charge is -2.04. The summed E-state index contributed by atoms with van der Waals surface area (Å²) in [5.74, 6) is 5.88. The van der Waals surface area contributed by atoms with E-state index in [0.717, 1.165) is 4.79 Å². The van der Waals surface area contributed by atoms with Crippen LogP contribution in [0.3, 0.4) is 0 Å². The standard InChI is InChI=1S/C10H11N5O3/c1-2-18-10-9(12-13-14(10)11)7-3-5-8(6-4-7)15(16)17/h3-6H,2,11H2,1H3. The molecule has 0 atom stereocenters. The van der Waals surface area contributed by atoms with Gasteiger partial charge in [-0.3, -0.25) is 10.1 Å². The van der Waals surface area contributed by atoms with E-state index in [-0.39, 0.29) is 5.69 Å². The molecule has 1 aromatic heterocycles. The van der Waals surface area contributed by atoms with Crippen LogP contribution in [0.5, 0.6) is 5.88 Å². The number of hydrogen-bond donors (Lipinski definition) is 1. The number of nitrogens with zero attached hydrogens (tertiary/aromatic N) is 4. The summed E-state index contributed by atoms with van der Waals surface area (Å²) in [4.78, 5) is 11.1. The predicted octanol–water partition coefficient (Wildman–Crippen LogP) is 0.966. The van der Waals surface area contributed by atoms with Gasteiger partial charge >= 0.3 is 0 Å². The van der Waals surface area contributed by atoms with E-state index in [2.05, 4.69) is 10.3 Å². The monoisotopic (exact) mass is 249 g/mol. The van der Waals surface area contributed by atoms with Crippen molar-refractivity contribution in [1.29, 1.82) is 0 Å². The number of nitro benzene ring substituents is 1. The Bertz CT molecular complexity index is 563. The van der Waals surface area contributed by atoms with E-state index < -0.39 is 4.92 Å². The fourth-order valence-corrected chi connectivity index (χ4v) is 1.48. The molecule has 0 amide bonds. The Kier molecular flexibility index (Phi) is 3.09. The van der Waals surface area contributed by atoms with E-state index in [1.54, 1.807) is 12.1 Å². The van der Waals surface area contributed by atoms with Crippen LogP contribution in [0.25, 0.3) is 11.3 Å². The second-order valence-electron chi connectivity index (χ2n) is 3.42. The fourth-order valence-electron chi connectivity index (χ4n) is 1.48. The Morgan fingerprint density at radius 1 is 1.44 bits per heavy atom. The lowest BCUT2D eigenvalue weighted by atomic mass is 10.1. The second-order valence-corrected chi connectivity index (χ2v) is 3.42. The number of nitrogens with two attached hydrogens (primary N) is 1. The zero-order chi connectivity index (χ0) is 13.1. The summed E-state index contributed by atoms with van der Waals surface area (Å²) in [5.41, 5.74) is 1.12. The largest absolute Gasteiger partial charge is 0.475 e. The molecule has 8 nitrogen and oxygen atoms in total. The van der Waals surface area contributed by atoms with Crippen molar-refractivity contribution >= 4 is 5.69 Å². The number of nitro groups is 1. The molecule has 1 heterocycles. The summed E-state index contributed by atoms with van der Waals surface area (Å²) < 4.78 is 5.32. The number of nitrogen functional groups attached to an aromatic ring is 1. The summed E-state index contributed by atoms with van der Waals surface area (Å²) in [6, 6.07) is 5.93. The highest BCUT2D eigenvalue weighted by Crippen LogP contribution is 2.27. The van der Waals surface area contributed by atoms with Crippen molar-refractivity contribution in [3.05, 3.63) is 34.4 Å². The van der Waals surface area contributed by atoms with E-state index in [4.69, 9.17) is 10.6 Å². The number of benzene rings is 1. The number of hydrogen-bond acceptors (Lipinski definition) is 6. The summed E-state index contributed by atoms with van der Waals surface area (Å²) in [6.45, 7) is 2.23. The Hall–Kier alpha value is -2.64. The maximum atomic E-state index is 10.6. The van der Waals surface area contributed by atoms with Crippen molar-refractivity contribution in [1.82, 2.24) is 15.1 Å². The van der Waals surface area contributed by atoms with Crippen LogP contribution in [0.2, 0.25) is 0 Å². The van der Waals surface area contributed by atoms with Crippen molar-refractivity contribution in [2.75, 3.05) is 12.4 Å². The molecule has 2 aromatic rings. The Morgan fingerprint density at radius 3 is 2.67 bits per heavy atom. The molecule has 0 aliphatic carbocycles. The van der Waals surface area contributed by atoms with Gasteiger partial charge in [0, 0.05) is 17.7 Å². The maximum Gasteiger partial charge on any atom is 0.269 e. The first-order valence-electron chi connectivity index (χ1n) is 5.22. The van der Waals surface area contributed by atoms with Gasteiger partial charge in [-0.2, -0.15) is 0 Å². The summed E-state index contributed by atoms with van der Waals surface area (Å²) in [6.07, 6.45) is 0. The third-order valence-electron chi connectivity index (χ3n) is 2.28. The molecule has 0 saturated heterocycles. The third-order valence-corrected chi connectivity index (χ3v) is 2.28. The zero-order valence-corrected chi connectivity index (χ0v) is 9.61. The maximum absolute atomic E-state index is 10.6. The average Bonchev–Trinajstić information content (AvgIpc) is 2.72. The highest BCUT2D eigenvalue weighted by atomic mass is 16.6. The molecule has 8 heteroatoms. The minimum atomic E-state index is -0.465. The van der Waals surface area contributed by atoms with Gasteiger partial charge in [0.05, 0.1) is 11.5 Å². The van der Waals surface area contributed by atoms with Gasteiger partial charge < -0.3 is 10.6 Å². The summed E-state index contributed by atoms with van der Waals surface area (Å²) >= 11 is 0. The highest BCUT2D eigenvalue weighted by Gasteiger charge is 2.15. The number of ether oxygens (including phenoxy) is 1. The molecule has 94 valence electrons. The van der Waals surface area contributed by atoms with Crippen LogP contribution in [0.15, 0.2) is 24.3 Å². The van der Waals surface area contributed by atoms with Gasteiger partial charge in [-0.25, -0.2) is 0 Å². The molecule has 0 aliphatic rings. The van der Waals surface area contributed by atoms with Gasteiger partial charge in [0.25, 0.3) is 11.6 Å². The molecular weight excluding hydrogens is 238 g/mol. The van der Waals surface area contributed by atoms with Crippen LogP contribution in [0.4, 0.5) is 5.69 Å². The second kappa shape index (κ2) is 4.70. The SMILES string of the molecule is CCOc1c(-c2ccc([N+](=O)[O-])cc2)nnn1N. The average molecular weight is 249 g/mol. The van der Waals surface area contributed by atoms with Crippen LogP contribution < -0.4 is 10.6 Å². The number of aromatic nitrogens is 3. The van der Waals surface area contributed by atoms with Crippen LogP contribution in [0, 0.1) is 10.1 Å². The molecular formula is C10H11N5O3.